The molecular formula is C32H37N7O6. The predicted octanol–water partition coefficient (Wildman–Crippen LogP) is 1.84. The molecule has 13 nitrogen and oxygen atoms in total. The van der Waals surface area contributed by atoms with Crippen LogP contribution in [0.1, 0.15) is 20.3 Å². The number of ether oxygens (including phenoxy) is 2. The van der Waals surface area contributed by atoms with E-state index in [1.165, 1.54) is 22.9 Å². The highest BCUT2D eigenvalue weighted by Crippen LogP contribution is 2.32. The molecule has 3 amide bonds. The number of carbonyl (C=O) groups excluding carboxylic acids is 3. The van der Waals surface area contributed by atoms with Gasteiger partial charge in [0.15, 0.2) is 11.5 Å². The van der Waals surface area contributed by atoms with Crippen molar-refractivity contribution in [1.82, 2.24) is 34.6 Å². The second kappa shape index (κ2) is 14.1. The number of nitrogens with one attached hydrogen (secondary N) is 2. The minimum absolute atomic E-state index is 0.0528. The van der Waals surface area contributed by atoms with Gasteiger partial charge in [0.25, 0.3) is 5.56 Å². The number of nitrogens with zero attached hydrogens (tertiary/aromatic N) is 5. The molecule has 5 rings (SSSR count). The Kier molecular flexibility index (Phi) is 9.76. The van der Waals surface area contributed by atoms with Gasteiger partial charge in [-0.1, -0.05) is 26.0 Å². The van der Waals surface area contributed by atoms with Gasteiger partial charge in [0.2, 0.25) is 17.7 Å². The minimum Gasteiger partial charge on any atom is -0.493 e. The van der Waals surface area contributed by atoms with Gasteiger partial charge in [0, 0.05) is 44.0 Å². The second-order valence-corrected chi connectivity index (χ2v) is 11.1. The van der Waals surface area contributed by atoms with Crippen LogP contribution in [-0.2, 0) is 27.5 Å². The first-order valence-electron chi connectivity index (χ1n) is 14.9. The molecule has 13 heteroatoms. The zero-order chi connectivity index (χ0) is 31.9. The van der Waals surface area contributed by atoms with Crippen molar-refractivity contribution in [2.24, 2.45) is 5.92 Å². The molecule has 1 aliphatic rings. The molecule has 236 valence electrons. The van der Waals surface area contributed by atoms with Crippen LogP contribution in [-0.4, -0.2) is 81.1 Å². The third-order valence-corrected chi connectivity index (χ3v) is 7.66. The van der Waals surface area contributed by atoms with Crippen molar-refractivity contribution < 1.29 is 23.9 Å². The van der Waals surface area contributed by atoms with Gasteiger partial charge >= 0.3 is 0 Å². The number of rotatable bonds is 5. The summed E-state index contributed by atoms with van der Waals surface area (Å²) in [6.07, 6.45) is 4.88. The lowest BCUT2D eigenvalue weighted by atomic mass is 10.0. The van der Waals surface area contributed by atoms with Gasteiger partial charge in [-0.2, -0.15) is 0 Å². The highest BCUT2D eigenvalue weighted by molar-refractivity contribution is 5.90. The van der Waals surface area contributed by atoms with E-state index in [9.17, 15) is 19.2 Å². The Morgan fingerprint density at radius 1 is 1.11 bits per heavy atom. The molecule has 2 N–H and O–H groups in total. The lowest BCUT2D eigenvalue weighted by molar-refractivity contribution is -0.137. The zero-order valence-corrected chi connectivity index (χ0v) is 25.6. The van der Waals surface area contributed by atoms with Crippen molar-refractivity contribution in [3.8, 4) is 22.9 Å². The minimum atomic E-state index is -0.801. The summed E-state index contributed by atoms with van der Waals surface area (Å²) in [5, 5.41) is 6.16. The Balaban J connectivity index is 1.39. The average Bonchev–Trinajstić information content (AvgIpc) is 3.50. The number of methoxy groups -OCH3 is 1. The molecule has 2 aromatic heterocycles. The number of carbonyl (C=O) groups is 3. The Labute approximate surface area is 260 Å². The van der Waals surface area contributed by atoms with E-state index >= 15 is 0 Å². The summed E-state index contributed by atoms with van der Waals surface area (Å²) >= 11 is 0. The van der Waals surface area contributed by atoms with Crippen LogP contribution in [0.3, 0.4) is 0 Å². The summed E-state index contributed by atoms with van der Waals surface area (Å²) < 4.78 is 14.9. The maximum Gasteiger partial charge on any atom is 0.261 e. The quantitative estimate of drug-likeness (QED) is 0.346. The summed E-state index contributed by atoms with van der Waals surface area (Å²) in [7, 11) is 1.54. The number of benzene rings is 2. The number of hydrogen-bond donors (Lipinski definition) is 2. The number of hydrogen-bond acceptors (Lipinski definition) is 8. The summed E-state index contributed by atoms with van der Waals surface area (Å²) in [6, 6.07) is 11.7. The highest BCUT2D eigenvalue weighted by Gasteiger charge is 2.26. The van der Waals surface area contributed by atoms with E-state index in [4.69, 9.17) is 9.47 Å². The number of para-hydroxylation sites is 1. The largest absolute Gasteiger partial charge is 0.493 e. The van der Waals surface area contributed by atoms with E-state index in [2.05, 4.69) is 20.6 Å². The van der Waals surface area contributed by atoms with Crippen molar-refractivity contribution in [2.75, 3.05) is 33.4 Å². The van der Waals surface area contributed by atoms with Gasteiger partial charge in [0.05, 0.1) is 37.4 Å². The van der Waals surface area contributed by atoms with Crippen LogP contribution in [0.5, 0.6) is 11.5 Å². The topological polar surface area (TPSA) is 150 Å². The maximum absolute atomic E-state index is 13.5. The van der Waals surface area contributed by atoms with Crippen molar-refractivity contribution >= 4 is 28.6 Å². The van der Waals surface area contributed by atoms with Crippen LogP contribution in [0.4, 0.5) is 0 Å². The summed E-state index contributed by atoms with van der Waals surface area (Å²) in [5.41, 5.74) is 1.10. The fraction of sp³-hybridized carbons (Fsp3) is 0.375. The maximum atomic E-state index is 13.5. The molecule has 1 aliphatic heterocycles. The molecular weight excluding hydrogens is 578 g/mol. The van der Waals surface area contributed by atoms with Crippen molar-refractivity contribution in [2.45, 2.75) is 39.4 Å². The third-order valence-electron chi connectivity index (χ3n) is 7.66. The molecule has 4 aromatic rings. The number of aromatic nitrogens is 4. The summed E-state index contributed by atoms with van der Waals surface area (Å²) in [5.74, 6) is 0.273. The smallest absolute Gasteiger partial charge is 0.261 e. The van der Waals surface area contributed by atoms with Crippen LogP contribution in [0.25, 0.3) is 22.3 Å². The van der Waals surface area contributed by atoms with E-state index in [0.717, 1.165) is 5.56 Å². The van der Waals surface area contributed by atoms with Gasteiger partial charge < -0.3 is 29.6 Å². The van der Waals surface area contributed by atoms with Crippen LogP contribution in [0.2, 0.25) is 0 Å². The molecule has 0 unspecified atom stereocenters. The molecule has 2 bridgehead atoms. The number of amides is 3. The van der Waals surface area contributed by atoms with E-state index < -0.39 is 11.9 Å². The van der Waals surface area contributed by atoms with E-state index in [1.807, 2.05) is 30.7 Å². The summed E-state index contributed by atoms with van der Waals surface area (Å²) in [6.45, 7) is 4.36. The van der Waals surface area contributed by atoms with Crippen LogP contribution in [0, 0.1) is 5.92 Å². The lowest BCUT2D eigenvalue weighted by Gasteiger charge is -2.26. The average molecular weight is 616 g/mol. The standard InChI is InChI=1S/C32H37N7O6/c1-21(2)29-31(42)34-12-15-37-14-11-33-30(37)22-8-9-25(44-3)26(18-22)45-17-16-38(19-27(40)36-29)28(41)10-13-39-20-35-24-7-5-4-6-23(24)32(39)43/h4-9,11,14,18,20-21,29H,10,12-13,15-17,19H2,1-3H3,(H,34,42)(H,36,40)/t29-/m1/s1. The zero-order valence-electron chi connectivity index (χ0n) is 25.6. The Morgan fingerprint density at radius 2 is 1.93 bits per heavy atom. The molecule has 0 radical (unpaired) electrons. The van der Waals surface area contributed by atoms with Crippen LogP contribution >= 0.6 is 0 Å². The molecule has 0 spiro atoms. The molecule has 1 atom stereocenters. The Bertz CT molecular complexity index is 1750. The molecule has 2 aromatic carbocycles. The lowest BCUT2D eigenvalue weighted by Crippen LogP contribution is -2.53. The predicted molar refractivity (Wildman–Crippen MR) is 167 cm³/mol. The van der Waals surface area contributed by atoms with Gasteiger partial charge in [0.1, 0.15) is 18.5 Å². The number of aryl methyl sites for hydroxylation is 1. The SMILES string of the molecule is COc1ccc2cc1OCCN(C(=O)CCn1cnc3ccccc3c1=O)CC(=O)N[C@H](C(C)C)C(=O)NCCn1ccnc1-2. The number of fused-ring (bicyclic) bond motifs is 5. The molecule has 0 fully saturated rings. The second-order valence-electron chi connectivity index (χ2n) is 11.1. The molecule has 45 heavy (non-hydrogen) atoms. The third kappa shape index (κ3) is 7.31. The van der Waals surface area contributed by atoms with Crippen molar-refractivity contribution in [3.05, 3.63) is 71.5 Å². The summed E-state index contributed by atoms with van der Waals surface area (Å²) in [4.78, 5) is 63.0. The van der Waals surface area contributed by atoms with E-state index in [1.54, 1.807) is 42.6 Å². The highest BCUT2D eigenvalue weighted by atomic mass is 16.5. The van der Waals surface area contributed by atoms with Gasteiger partial charge in [-0.05, 0) is 36.2 Å². The molecule has 0 aliphatic carbocycles. The van der Waals surface area contributed by atoms with Crippen LogP contribution < -0.4 is 25.7 Å². The van der Waals surface area contributed by atoms with Gasteiger partial charge in [-0.15, -0.1) is 0 Å². The monoisotopic (exact) mass is 615 g/mol. The first-order chi connectivity index (χ1) is 21.7. The van der Waals surface area contributed by atoms with Crippen molar-refractivity contribution in [3.63, 3.8) is 0 Å². The molecule has 3 heterocycles. The van der Waals surface area contributed by atoms with E-state index in [0.29, 0.717) is 41.3 Å². The van der Waals surface area contributed by atoms with E-state index in [-0.39, 0.29) is 56.0 Å². The fourth-order valence-corrected chi connectivity index (χ4v) is 5.21. The molecule has 0 saturated carbocycles. The number of imidazole rings is 1. The van der Waals surface area contributed by atoms with Crippen LogP contribution in [0.15, 0.2) is 66.0 Å². The Hall–Kier alpha value is -5.20. The molecule has 0 saturated heterocycles. The Morgan fingerprint density at radius 3 is 2.73 bits per heavy atom. The fourth-order valence-electron chi connectivity index (χ4n) is 5.21. The first kappa shape index (κ1) is 31.2. The van der Waals surface area contributed by atoms with Gasteiger partial charge in [-0.3, -0.25) is 23.7 Å². The normalized spacial score (nSPS) is 16.4. The van der Waals surface area contributed by atoms with Gasteiger partial charge in [-0.25, -0.2) is 9.97 Å². The first-order valence-corrected chi connectivity index (χ1v) is 14.9. The van der Waals surface area contributed by atoms with Crippen molar-refractivity contribution in [1.29, 1.82) is 0 Å².